The number of hydrogen-bond acceptors (Lipinski definition) is 5. The summed E-state index contributed by atoms with van der Waals surface area (Å²) in [6.45, 7) is 6.42. The third-order valence-corrected chi connectivity index (χ3v) is 10.7. The third-order valence-electron chi connectivity index (χ3n) is 9.61. The maximum absolute atomic E-state index is 12.2. The lowest BCUT2D eigenvalue weighted by atomic mass is 9.46. The van der Waals surface area contributed by atoms with Gasteiger partial charge in [-0.2, -0.15) is 0 Å². The maximum Gasteiger partial charge on any atom is 0.306 e. The van der Waals surface area contributed by atoms with Crippen LogP contribution in [0.1, 0.15) is 78.6 Å². The normalized spacial score (nSPS) is 48.6. The van der Waals surface area contributed by atoms with Crippen molar-refractivity contribution in [3.8, 4) is 0 Å². The van der Waals surface area contributed by atoms with Crippen molar-refractivity contribution in [2.45, 2.75) is 89.4 Å². The van der Waals surface area contributed by atoms with E-state index in [9.17, 15) is 14.4 Å². The Hall–Kier alpha value is -1.10. The molecule has 0 aromatic heterocycles. The van der Waals surface area contributed by atoms with Crippen LogP contribution in [0.2, 0.25) is 0 Å². The molecule has 1 spiro atoms. The fourth-order valence-electron chi connectivity index (χ4n) is 8.13. The van der Waals surface area contributed by atoms with Crippen molar-refractivity contribution < 1.29 is 19.1 Å². The van der Waals surface area contributed by atoms with Crippen molar-refractivity contribution in [2.24, 2.45) is 28.6 Å². The number of ketones is 1. The summed E-state index contributed by atoms with van der Waals surface area (Å²) >= 11 is 1.50. The summed E-state index contributed by atoms with van der Waals surface area (Å²) in [5.41, 5.74) is 1.09. The van der Waals surface area contributed by atoms with Gasteiger partial charge in [0.05, 0.1) is 0 Å². The van der Waals surface area contributed by atoms with E-state index in [-0.39, 0.29) is 38.5 Å². The Balaban J connectivity index is 1.56. The van der Waals surface area contributed by atoms with Crippen molar-refractivity contribution in [3.63, 3.8) is 0 Å². The van der Waals surface area contributed by atoms with E-state index in [0.717, 1.165) is 44.9 Å². The standard InChI is InChI=1S/C24H32O4S/c1-14(25)29-19-13-15-12-16(26)4-8-22(15,2)17-5-9-23(3)18(21(17)19)6-10-24(23)11-7-20(27)28-24/h12,17-19,21H,4-11,13H2,1-3H3/t17-,18+,19+,21-,22-,23-,24-/m1/s1. The van der Waals surface area contributed by atoms with Gasteiger partial charge in [-0.1, -0.05) is 31.2 Å². The number of esters is 1. The molecule has 29 heavy (non-hydrogen) atoms. The van der Waals surface area contributed by atoms with Crippen molar-refractivity contribution in [3.05, 3.63) is 11.6 Å². The van der Waals surface area contributed by atoms with E-state index in [1.165, 1.54) is 17.3 Å². The molecule has 0 aromatic rings. The van der Waals surface area contributed by atoms with Gasteiger partial charge in [0.15, 0.2) is 10.9 Å². The summed E-state index contributed by atoms with van der Waals surface area (Å²) in [4.78, 5) is 36.4. The van der Waals surface area contributed by atoms with Crippen LogP contribution < -0.4 is 0 Å². The lowest BCUT2D eigenvalue weighted by molar-refractivity contribution is -0.167. The van der Waals surface area contributed by atoms with Crippen LogP contribution in [0, 0.1) is 28.6 Å². The predicted molar refractivity (Wildman–Crippen MR) is 112 cm³/mol. The van der Waals surface area contributed by atoms with Gasteiger partial charge in [-0.05, 0) is 74.2 Å². The van der Waals surface area contributed by atoms with E-state index in [4.69, 9.17) is 4.74 Å². The first kappa shape index (κ1) is 19.8. The summed E-state index contributed by atoms with van der Waals surface area (Å²) in [5, 5.41) is 0.409. The zero-order valence-corrected chi connectivity index (χ0v) is 18.6. The number of carbonyl (C=O) groups is 3. The Bertz CT molecular complexity index is 818. The van der Waals surface area contributed by atoms with Crippen LogP contribution in [0.25, 0.3) is 0 Å². The molecule has 4 fully saturated rings. The second-order valence-corrected chi connectivity index (χ2v) is 12.1. The van der Waals surface area contributed by atoms with E-state index in [0.29, 0.717) is 30.6 Å². The smallest absolute Gasteiger partial charge is 0.306 e. The fourth-order valence-corrected chi connectivity index (χ4v) is 9.36. The largest absolute Gasteiger partial charge is 0.458 e. The van der Waals surface area contributed by atoms with Crippen molar-refractivity contribution >= 4 is 28.6 Å². The van der Waals surface area contributed by atoms with Crippen LogP contribution in [0.3, 0.4) is 0 Å². The average Bonchev–Trinajstić information content (AvgIpc) is 3.17. The fraction of sp³-hybridized carbons (Fsp3) is 0.792. The molecular formula is C24H32O4S. The van der Waals surface area contributed by atoms with Gasteiger partial charge in [0.25, 0.3) is 0 Å². The van der Waals surface area contributed by atoms with Gasteiger partial charge < -0.3 is 4.74 Å². The molecule has 4 nitrogen and oxygen atoms in total. The average molecular weight is 417 g/mol. The molecule has 0 radical (unpaired) electrons. The van der Waals surface area contributed by atoms with E-state index < -0.39 is 0 Å². The lowest BCUT2D eigenvalue weighted by Gasteiger charge is -2.61. The van der Waals surface area contributed by atoms with Gasteiger partial charge in [0.1, 0.15) is 5.60 Å². The lowest BCUT2D eigenvalue weighted by Crippen LogP contribution is -2.57. The molecule has 0 unspecified atom stereocenters. The molecule has 5 heteroatoms. The number of thioether (sulfide) groups is 1. The number of ether oxygens (including phenoxy) is 1. The van der Waals surface area contributed by atoms with Crippen LogP contribution in [-0.2, 0) is 19.1 Å². The zero-order chi connectivity index (χ0) is 20.6. The Morgan fingerprint density at radius 2 is 1.83 bits per heavy atom. The molecule has 4 aliphatic carbocycles. The highest BCUT2D eigenvalue weighted by Crippen LogP contribution is 2.70. The first-order chi connectivity index (χ1) is 13.7. The molecule has 1 aliphatic heterocycles. The SMILES string of the molecule is CC(=O)S[C@H]1CC2=CC(=O)CC[C@@]2(C)[C@@H]2CC[C@]3(C)[C@@H](CC[C@@]34CCC(=O)O4)[C@H]12. The summed E-state index contributed by atoms with van der Waals surface area (Å²) in [6, 6.07) is 0. The van der Waals surface area contributed by atoms with Gasteiger partial charge in [-0.25, -0.2) is 0 Å². The summed E-state index contributed by atoms with van der Waals surface area (Å²) < 4.78 is 6.06. The highest BCUT2D eigenvalue weighted by molar-refractivity contribution is 8.14. The first-order valence-corrected chi connectivity index (χ1v) is 12.2. The van der Waals surface area contributed by atoms with E-state index in [1.807, 2.05) is 6.08 Å². The second kappa shape index (κ2) is 6.45. The first-order valence-electron chi connectivity index (χ1n) is 11.3. The molecule has 0 bridgehead atoms. The molecule has 158 valence electrons. The second-order valence-electron chi connectivity index (χ2n) is 10.7. The molecule has 1 heterocycles. The van der Waals surface area contributed by atoms with Gasteiger partial charge in [-0.15, -0.1) is 0 Å². The number of fused-ring (bicyclic) bond motifs is 6. The molecule has 5 rings (SSSR count). The minimum atomic E-state index is -0.287. The molecule has 0 amide bonds. The summed E-state index contributed by atoms with van der Waals surface area (Å²) in [6.07, 6.45) is 10.0. The van der Waals surface area contributed by atoms with Crippen LogP contribution in [0.15, 0.2) is 11.6 Å². The molecule has 3 saturated carbocycles. The molecule has 0 aromatic carbocycles. The van der Waals surface area contributed by atoms with Crippen molar-refractivity contribution in [1.82, 2.24) is 0 Å². The molecule has 1 saturated heterocycles. The number of carbonyl (C=O) groups excluding carboxylic acids is 3. The Morgan fingerprint density at radius 3 is 2.52 bits per heavy atom. The van der Waals surface area contributed by atoms with Gasteiger partial charge in [0, 0.05) is 30.4 Å². The van der Waals surface area contributed by atoms with Crippen LogP contribution in [0.4, 0.5) is 0 Å². The van der Waals surface area contributed by atoms with Gasteiger partial charge >= 0.3 is 5.97 Å². The predicted octanol–water partition coefficient (Wildman–Crippen LogP) is 4.85. The molecule has 0 N–H and O–H groups in total. The zero-order valence-electron chi connectivity index (χ0n) is 17.8. The van der Waals surface area contributed by atoms with E-state index >= 15 is 0 Å². The molecule has 7 atom stereocenters. The Morgan fingerprint density at radius 1 is 1.07 bits per heavy atom. The number of allylic oxidation sites excluding steroid dienone is 1. The summed E-state index contributed by atoms with van der Waals surface area (Å²) in [7, 11) is 0. The van der Waals surface area contributed by atoms with Gasteiger partial charge in [0.2, 0.25) is 0 Å². The topological polar surface area (TPSA) is 60.4 Å². The Labute approximate surface area is 177 Å². The Kier molecular flexibility index (Phi) is 4.41. The maximum atomic E-state index is 12.2. The molecule has 5 aliphatic rings. The van der Waals surface area contributed by atoms with Crippen LogP contribution in [-0.4, -0.2) is 27.7 Å². The number of hydrogen-bond donors (Lipinski definition) is 0. The minimum absolute atomic E-state index is 0.0119. The van der Waals surface area contributed by atoms with Crippen molar-refractivity contribution in [2.75, 3.05) is 0 Å². The molecular weight excluding hydrogens is 384 g/mol. The number of rotatable bonds is 1. The highest BCUT2D eigenvalue weighted by Gasteiger charge is 2.68. The quantitative estimate of drug-likeness (QED) is 0.572. The van der Waals surface area contributed by atoms with Crippen LogP contribution >= 0.6 is 11.8 Å². The van der Waals surface area contributed by atoms with E-state index in [2.05, 4.69) is 13.8 Å². The highest BCUT2D eigenvalue weighted by atomic mass is 32.2. The van der Waals surface area contributed by atoms with Crippen LogP contribution in [0.5, 0.6) is 0 Å². The van der Waals surface area contributed by atoms with Gasteiger partial charge in [-0.3, -0.25) is 14.4 Å². The van der Waals surface area contributed by atoms with Crippen molar-refractivity contribution in [1.29, 1.82) is 0 Å². The van der Waals surface area contributed by atoms with E-state index in [1.54, 1.807) is 6.92 Å². The monoisotopic (exact) mass is 416 g/mol. The third kappa shape index (κ3) is 2.68. The minimum Gasteiger partial charge on any atom is -0.458 e. The summed E-state index contributed by atoms with van der Waals surface area (Å²) in [5.74, 6) is 1.67.